The highest BCUT2D eigenvalue weighted by Crippen LogP contribution is 2.18. The van der Waals surface area contributed by atoms with Gasteiger partial charge in [0.25, 0.3) is 0 Å². The lowest BCUT2D eigenvalue weighted by atomic mass is 10.3. The number of piperazine rings is 1. The van der Waals surface area contributed by atoms with Gasteiger partial charge in [0.15, 0.2) is 16.4 Å². The van der Waals surface area contributed by atoms with Gasteiger partial charge in [-0.05, 0) is 24.4 Å². The lowest BCUT2D eigenvalue weighted by Gasteiger charge is -2.35. The van der Waals surface area contributed by atoms with Crippen molar-refractivity contribution in [2.24, 2.45) is 7.05 Å². The lowest BCUT2D eigenvalue weighted by molar-refractivity contribution is 0.103. The van der Waals surface area contributed by atoms with E-state index in [2.05, 4.69) is 10.00 Å². The van der Waals surface area contributed by atoms with Gasteiger partial charge >= 0.3 is 6.03 Å². The number of aromatic nitrogens is 3. The van der Waals surface area contributed by atoms with Crippen LogP contribution in [0.2, 0.25) is 0 Å². The van der Waals surface area contributed by atoms with E-state index in [0.717, 1.165) is 13.1 Å². The fraction of sp³-hybridized carbons (Fsp3) is 0.533. The molecule has 9 heteroatoms. The normalized spacial score (nSPS) is 15.7. The van der Waals surface area contributed by atoms with E-state index in [-0.39, 0.29) is 6.03 Å². The largest absolute Gasteiger partial charge is 0.461 e. The molecule has 0 aromatic carbocycles. The second-order valence-electron chi connectivity index (χ2n) is 6.07. The molecule has 0 N–H and O–H groups in total. The maximum atomic E-state index is 12.0. The topological polar surface area (TPSA) is 62.7 Å². The molecule has 3 heterocycles. The zero-order chi connectivity index (χ0) is 17.3. The highest BCUT2D eigenvalue weighted by Gasteiger charge is 2.23. The number of nitrogens with zero attached hydrogens (tertiary/aromatic N) is 6. The van der Waals surface area contributed by atoms with Crippen LogP contribution in [0, 0.1) is 4.77 Å². The van der Waals surface area contributed by atoms with Crippen LogP contribution < -0.4 is 0 Å². The maximum Gasteiger partial charge on any atom is 0.319 e. The molecule has 0 spiro atoms. The van der Waals surface area contributed by atoms with E-state index in [1.54, 1.807) is 29.9 Å². The Balaban J connectivity index is 1.67. The molecule has 0 aliphatic carbocycles. The van der Waals surface area contributed by atoms with Crippen LogP contribution in [0.3, 0.4) is 0 Å². The van der Waals surface area contributed by atoms with Crippen molar-refractivity contribution in [3.8, 4) is 11.6 Å². The van der Waals surface area contributed by atoms with Gasteiger partial charge < -0.3 is 18.8 Å². The van der Waals surface area contributed by atoms with Crippen LogP contribution in [0.25, 0.3) is 11.6 Å². The Bertz CT molecular complexity index is 756. The van der Waals surface area contributed by atoms with Crippen LogP contribution in [0.4, 0.5) is 4.79 Å². The van der Waals surface area contributed by atoms with Crippen LogP contribution in [0.1, 0.15) is 0 Å². The van der Waals surface area contributed by atoms with E-state index < -0.39 is 0 Å². The summed E-state index contributed by atoms with van der Waals surface area (Å²) in [5.41, 5.74) is 0. The molecule has 2 aromatic heterocycles. The van der Waals surface area contributed by atoms with Crippen molar-refractivity contribution in [2.45, 2.75) is 6.67 Å². The third-order valence-electron chi connectivity index (χ3n) is 4.14. The van der Waals surface area contributed by atoms with Gasteiger partial charge in [-0.1, -0.05) is 0 Å². The standard InChI is InChI=1S/C15H22N6O2S/c1-17(2)14(22)20-8-6-19(7-9-20)11-21-15(24)18(3)13(16-21)12-5-4-10-23-12/h4-5,10H,6-9,11H2,1-3H3. The van der Waals surface area contributed by atoms with Crippen LogP contribution in [-0.4, -0.2) is 75.4 Å². The van der Waals surface area contributed by atoms with Crippen LogP contribution >= 0.6 is 12.2 Å². The van der Waals surface area contributed by atoms with Gasteiger partial charge in [0, 0.05) is 47.3 Å². The number of rotatable bonds is 3. The molecular weight excluding hydrogens is 328 g/mol. The molecule has 0 bridgehead atoms. The molecule has 1 aliphatic rings. The number of furan rings is 1. The van der Waals surface area contributed by atoms with E-state index in [1.165, 1.54) is 0 Å². The summed E-state index contributed by atoms with van der Waals surface area (Å²) in [5.74, 6) is 1.41. The second-order valence-corrected chi connectivity index (χ2v) is 6.43. The van der Waals surface area contributed by atoms with Crippen LogP contribution in [0.5, 0.6) is 0 Å². The second kappa shape index (κ2) is 6.78. The Labute approximate surface area is 145 Å². The predicted octanol–water partition coefficient (Wildman–Crippen LogP) is 1.47. The minimum absolute atomic E-state index is 0.0594. The Morgan fingerprint density at radius 1 is 1.33 bits per heavy atom. The third kappa shape index (κ3) is 3.22. The summed E-state index contributed by atoms with van der Waals surface area (Å²) >= 11 is 5.48. The van der Waals surface area contributed by atoms with Crippen LogP contribution in [-0.2, 0) is 13.7 Å². The lowest BCUT2D eigenvalue weighted by Crippen LogP contribution is -2.51. The molecule has 8 nitrogen and oxygen atoms in total. The summed E-state index contributed by atoms with van der Waals surface area (Å²) in [4.78, 5) is 17.7. The van der Waals surface area contributed by atoms with Gasteiger partial charge in [0.05, 0.1) is 12.9 Å². The van der Waals surface area contributed by atoms with E-state index in [4.69, 9.17) is 16.6 Å². The molecule has 130 valence electrons. The van der Waals surface area contributed by atoms with Crippen molar-refractivity contribution in [1.82, 2.24) is 29.0 Å². The average molecular weight is 350 g/mol. The molecule has 1 fully saturated rings. The summed E-state index contributed by atoms with van der Waals surface area (Å²) in [6.07, 6.45) is 1.62. The van der Waals surface area contributed by atoms with Crippen molar-refractivity contribution < 1.29 is 9.21 Å². The first-order valence-corrected chi connectivity index (χ1v) is 8.24. The van der Waals surface area contributed by atoms with Crippen molar-refractivity contribution in [3.63, 3.8) is 0 Å². The molecule has 0 radical (unpaired) electrons. The van der Waals surface area contributed by atoms with E-state index in [1.807, 2.05) is 28.6 Å². The summed E-state index contributed by atoms with van der Waals surface area (Å²) in [6, 6.07) is 3.76. The zero-order valence-electron chi connectivity index (χ0n) is 14.2. The SMILES string of the molecule is CN(C)C(=O)N1CCN(Cn2nc(-c3ccco3)n(C)c2=S)CC1. The number of carbonyl (C=O) groups is 1. The van der Waals surface area contributed by atoms with E-state index in [9.17, 15) is 4.79 Å². The predicted molar refractivity (Wildman–Crippen MR) is 92.0 cm³/mol. The minimum atomic E-state index is 0.0594. The molecule has 2 aromatic rings. The molecule has 0 atom stereocenters. The molecule has 24 heavy (non-hydrogen) atoms. The summed E-state index contributed by atoms with van der Waals surface area (Å²) in [5, 5.41) is 4.58. The smallest absolute Gasteiger partial charge is 0.319 e. The quantitative estimate of drug-likeness (QED) is 0.785. The highest BCUT2D eigenvalue weighted by molar-refractivity contribution is 7.71. The number of hydrogen-bond acceptors (Lipinski definition) is 5. The Kier molecular flexibility index (Phi) is 4.72. The van der Waals surface area contributed by atoms with Gasteiger partial charge in [-0.25, -0.2) is 9.48 Å². The van der Waals surface area contributed by atoms with Gasteiger partial charge in [0.1, 0.15) is 0 Å². The molecule has 0 saturated carbocycles. The van der Waals surface area contributed by atoms with Crippen molar-refractivity contribution in [3.05, 3.63) is 23.2 Å². The minimum Gasteiger partial charge on any atom is -0.461 e. The zero-order valence-corrected chi connectivity index (χ0v) is 15.0. The van der Waals surface area contributed by atoms with Gasteiger partial charge in [-0.15, -0.1) is 5.10 Å². The molecular formula is C15H22N6O2S. The summed E-state index contributed by atoms with van der Waals surface area (Å²) < 4.78 is 9.71. The fourth-order valence-corrected chi connectivity index (χ4v) is 2.94. The van der Waals surface area contributed by atoms with Crippen LogP contribution in [0.15, 0.2) is 22.8 Å². The Morgan fingerprint density at radius 3 is 2.62 bits per heavy atom. The molecule has 0 unspecified atom stereocenters. The fourth-order valence-electron chi connectivity index (χ4n) is 2.75. The Morgan fingerprint density at radius 2 is 2.04 bits per heavy atom. The summed E-state index contributed by atoms with van der Waals surface area (Å²) in [6.45, 7) is 3.63. The first-order valence-electron chi connectivity index (χ1n) is 7.83. The first-order chi connectivity index (χ1) is 11.5. The van der Waals surface area contributed by atoms with Crippen molar-refractivity contribution >= 4 is 18.2 Å². The van der Waals surface area contributed by atoms with Gasteiger partial charge in [0.2, 0.25) is 0 Å². The number of urea groups is 1. The maximum absolute atomic E-state index is 12.0. The third-order valence-corrected chi connectivity index (χ3v) is 4.63. The van der Waals surface area contributed by atoms with E-state index in [0.29, 0.717) is 36.1 Å². The number of amides is 2. The van der Waals surface area contributed by atoms with Gasteiger partial charge in [-0.3, -0.25) is 4.90 Å². The average Bonchev–Trinajstić information content (AvgIpc) is 3.19. The van der Waals surface area contributed by atoms with Crippen molar-refractivity contribution in [1.29, 1.82) is 0 Å². The Hall–Kier alpha value is -2.13. The molecule has 1 aliphatic heterocycles. The monoisotopic (exact) mass is 350 g/mol. The highest BCUT2D eigenvalue weighted by atomic mass is 32.1. The molecule has 2 amide bonds. The summed E-state index contributed by atoms with van der Waals surface area (Å²) in [7, 11) is 5.44. The van der Waals surface area contributed by atoms with E-state index >= 15 is 0 Å². The first kappa shape index (κ1) is 16.7. The number of carbonyl (C=O) groups excluding carboxylic acids is 1. The van der Waals surface area contributed by atoms with Crippen molar-refractivity contribution in [2.75, 3.05) is 40.3 Å². The van der Waals surface area contributed by atoms with Gasteiger partial charge in [-0.2, -0.15) is 0 Å². The number of hydrogen-bond donors (Lipinski definition) is 0. The molecule has 3 rings (SSSR count). The molecule has 1 saturated heterocycles.